The third kappa shape index (κ3) is 4.93. The van der Waals surface area contributed by atoms with Crippen molar-refractivity contribution >= 4 is 0 Å². The number of rotatable bonds is 4. The normalized spacial score (nSPS) is 28.1. The van der Waals surface area contributed by atoms with Crippen LogP contribution in [0, 0.1) is 11.8 Å². The summed E-state index contributed by atoms with van der Waals surface area (Å²) < 4.78 is 0. The fraction of sp³-hybridized carbons (Fsp3) is 0.895. The highest BCUT2D eigenvalue weighted by Crippen LogP contribution is 2.32. The van der Waals surface area contributed by atoms with Gasteiger partial charge in [-0.2, -0.15) is 0 Å². The van der Waals surface area contributed by atoms with Crippen LogP contribution in [0.15, 0.2) is 11.4 Å². The molecule has 0 saturated carbocycles. The van der Waals surface area contributed by atoms with Crippen molar-refractivity contribution in [1.29, 1.82) is 0 Å². The van der Waals surface area contributed by atoms with Gasteiger partial charge in [0.25, 0.3) is 0 Å². The Morgan fingerprint density at radius 2 is 1.14 bits per heavy atom. The van der Waals surface area contributed by atoms with E-state index in [2.05, 4.69) is 24.5 Å². The average Bonchev–Trinajstić information content (AvgIpc) is 2.54. The molecule has 0 radical (unpaired) electrons. The number of hydrogen-bond acceptors (Lipinski definition) is 2. The lowest BCUT2D eigenvalue weighted by Crippen LogP contribution is -2.40. The molecule has 1 aliphatic heterocycles. The van der Waals surface area contributed by atoms with Gasteiger partial charge in [-0.3, -0.25) is 0 Å². The van der Waals surface area contributed by atoms with Gasteiger partial charge in [0.1, 0.15) is 0 Å². The SMILES string of the molecule is CCCC1CCCCCCCC(CCC)C2=C1NCCN2. The van der Waals surface area contributed by atoms with Crippen molar-refractivity contribution < 1.29 is 0 Å². The smallest absolute Gasteiger partial charge is 0.0334 e. The van der Waals surface area contributed by atoms with Gasteiger partial charge in [-0.25, -0.2) is 0 Å². The van der Waals surface area contributed by atoms with Crippen molar-refractivity contribution in [1.82, 2.24) is 10.6 Å². The molecular formula is C19H36N2. The van der Waals surface area contributed by atoms with E-state index in [0.29, 0.717) is 0 Å². The molecule has 0 aromatic carbocycles. The van der Waals surface area contributed by atoms with E-state index in [1.807, 2.05) is 0 Å². The molecule has 1 aliphatic carbocycles. The van der Waals surface area contributed by atoms with E-state index >= 15 is 0 Å². The zero-order chi connectivity index (χ0) is 14.9. The highest BCUT2D eigenvalue weighted by Gasteiger charge is 2.25. The summed E-state index contributed by atoms with van der Waals surface area (Å²) in [4.78, 5) is 0. The molecule has 122 valence electrons. The van der Waals surface area contributed by atoms with Gasteiger partial charge in [-0.15, -0.1) is 0 Å². The van der Waals surface area contributed by atoms with Crippen LogP contribution < -0.4 is 10.6 Å². The molecule has 2 atom stereocenters. The molecule has 2 heteroatoms. The van der Waals surface area contributed by atoms with Crippen LogP contribution >= 0.6 is 0 Å². The Kier molecular flexibility index (Phi) is 7.46. The Bertz CT molecular complexity index is 292. The monoisotopic (exact) mass is 292 g/mol. The quantitative estimate of drug-likeness (QED) is 0.764. The van der Waals surface area contributed by atoms with E-state index in [4.69, 9.17) is 0 Å². The minimum absolute atomic E-state index is 0.773. The van der Waals surface area contributed by atoms with Gasteiger partial charge in [0.05, 0.1) is 0 Å². The second kappa shape index (κ2) is 9.38. The summed E-state index contributed by atoms with van der Waals surface area (Å²) in [7, 11) is 0. The predicted octanol–water partition coefficient (Wildman–Crippen LogP) is 4.97. The second-order valence-electron chi connectivity index (χ2n) is 7.00. The molecule has 2 aliphatic rings. The summed E-state index contributed by atoms with van der Waals surface area (Å²) in [6.07, 6.45) is 15.3. The maximum absolute atomic E-state index is 3.80. The molecule has 2 rings (SSSR count). The molecule has 0 amide bonds. The van der Waals surface area contributed by atoms with Gasteiger partial charge < -0.3 is 10.6 Å². The van der Waals surface area contributed by atoms with E-state index in [0.717, 1.165) is 24.9 Å². The molecule has 0 aromatic rings. The molecule has 0 spiro atoms. The van der Waals surface area contributed by atoms with Gasteiger partial charge in [0, 0.05) is 36.3 Å². The third-order valence-electron chi connectivity index (χ3n) is 5.24. The van der Waals surface area contributed by atoms with Crippen molar-refractivity contribution in [2.75, 3.05) is 13.1 Å². The first-order valence-electron chi connectivity index (χ1n) is 9.58. The zero-order valence-electron chi connectivity index (χ0n) is 14.3. The standard InChI is InChI=1S/C19H36N2/c1-3-10-16-12-8-6-5-7-9-13-17(11-4-2)19-18(16)20-14-15-21-19/h16-17,20-21H,3-15H2,1-2H3. The summed E-state index contributed by atoms with van der Waals surface area (Å²) in [5.41, 5.74) is 3.20. The minimum Gasteiger partial charge on any atom is -0.385 e. The largest absolute Gasteiger partial charge is 0.385 e. The number of hydrogen-bond donors (Lipinski definition) is 2. The summed E-state index contributed by atoms with van der Waals surface area (Å²) in [6.45, 7) is 6.89. The van der Waals surface area contributed by atoms with Gasteiger partial charge in [-0.1, -0.05) is 58.8 Å². The summed E-state index contributed by atoms with van der Waals surface area (Å²) >= 11 is 0. The average molecular weight is 293 g/mol. The van der Waals surface area contributed by atoms with Gasteiger partial charge >= 0.3 is 0 Å². The van der Waals surface area contributed by atoms with Crippen LogP contribution in [0.3, 0.4) is 0 Å². The summed E-state index contributed by atoms with van der Waals surface area (Å²) in [6, 6.07) is 0. The van der Waals surface area contributed by atoms with Crippen LogP contribution in [0.2, 0.25) is 0 Å². The molecule has 0 aromatic heterocycles. The fourth-order valence-corrected chi connectivity index (χ4v) is 4.19. The Balaban J connectivity index is 2.23. The van der Waals surface area contributed by atoms with Crippen molar-refractivity contribution in [3.05, 3.63) is 11.4 Å². The zero-order valence-corrected chi connectivity index (χ0v) is 14.3. The Labute approximate surface area is 132 Å². The van der Waals surface area contributed by atoms with E-state index in [9.17, 15) is 0 Å². The first-order chi connectivity index (χ1) is 10.4. The molecule has 0 saturated heterocycles. The van der Waals surface area contributed by atoms with Crippen molar-refractivity contribution in [3.8, 4) is 0 Å². The maximum Gasteiger partial charge on any atom is 0.0334 e. The van der Waals surface area contributed by atoms with Crippen molar-refractivity contribution in [2.45, 2.75) is 84.5 Å². The highest BCUT2D eigenvalue weighted by atomic mass is 15.0. The van der Waals surface area contributed by atoms with E-state index in [1.54, 1.807) is 11.4 Å². The minimum atomic E-state index is 0.773. The lowest BCUT2D eigenvalue weighted by molar-refractivity contribution is 0.400. The second-order valence-corrected chi connectivity index (χ2v) is 7.00. The Morgan fingerprint density at radius 3 is 1.57 bits per heavy atom. The van der Waals surface area contributed by atoms with Gasteiger partial charge in [-0.05, 0) is 25.7 Å². The third-order valence-corrected chi connectivity index (χ3v) is 5.24. The topological polar surface area (TPSA) is 24.1 Å². The van der Waals surface area contributed by atoms with Crippen LogP contribution in [0.1, 0.15) is 84.5 Å². The van der Waals surface area contributed by atoms with E-state index in [1.165, 1.54) is 70.6 Å². The Morgan fingerprint density at radius 1 is 0.714 bits per heavy atom. The molecule has 2 N–H and O–H groups in total. The van der Waals surface area contributed by atoms with Crippen LogP contribution in [0.5, 0.6) is 0 Å². The van der Waals surface area contributed by atoms with Crippen LogP contribution in [0.25, 0.3) is 0 Å². The van der Waals surface area contributed by atoms with E-state index < -0.39 is 0 Å². The lowest BCUT2D eigenvalue weighted by Gasteiger charge is -2.33. The maximum atomic E-state index is 3.80. The van der Waals surface area contributed by atoms with Gasteiger partial charge in [0.2, 0.25) is 0 Å². The lowest BCUT2D eigenvalue weighted by atomic mass is 9.86. The first-order valence-corrected chi connectivity index (χ1v) is 9.58. The van der Waals surface area contributed by atoms with Crippen LogP contribution in [0.4, 0.5) is 0 Å². The summed E-state index contributed by atoms with van der Waals surface area (Å²) in [5, 5.41) is 7.60. The number of allylic oxidation sites excluding steroid dienone is 2. The van der Waals surface area contributed by atoms with Crippen LogP contribution in [-0.2, 0) is 0 Å². The van der Waals surface area contributed by atoms with E-state index in [-0.39, 0.29) is 0 Å². The van der Waals surface area contributed by atoms with Crippen molar-refractivity contribution in [3.63, 3.8) is 0 Å². The molecule has 2 unspecified atom stereocenters. The number of nitrogens with one attached hydrogen (secondary N) is 2. The molecule has 21 heavy (non-hydrogen) atoms. The fourth-order valence-electron chi connectivity index (χ4n) is 4.19. The molecule has 0 fully saturated rings. The first kappa shape index (κ1) is 16.7. The predicted molar refractivity (Wildman–Crippen MR) is 92.1 cm³/mol. The van der Waals surface area contributed by atoms with Crippen molar-refractivity contribution in [2.24, 2.45) is 11.8 Å². The highest BCUT2D eigenvalue weighted by molar-refractivity contribution is 5.20. The molecule has 0 bridgehead atoms. The van der Waals surface area contributed by atoms with Gasteiger partial charge in [0.15, 0.2) is 0 Å². The molecule has 2 nitrogen and oxygen atoms in total. The van der Waals surface area contributed by atoms with Crippen LogP contribution in [-0.4, -0.2) is 13.1 Å². The molecule has 1 heterocycles. The molecular weight excluding hydrogens is 256 g/mol. The Hall–Kier alpha value is -0.660. The summed E-state index contributed by atoms with van der Waals surface area (Å²) in [5.74, 6) is 1.55.